The highest BCUT2D eigenvalue weighted by Gasteiger charge is 2.21. The van der Waals surface area contributed by atoms with Gasteiger partial charge in [0, 0.05) is 37.4 Å². The van der Waals surface area contributed by atoms with Crippen LogP contribution in [0.1, 0.15) is 20.7 Å². The molecule has 1 saturated heterocycles. The molecule has 0 radical (unpaired) electrons. The van der Waals surface area contributed by atoms with Crippen LogP contribution < -0.4 is 19.9 Å². The van der Waals surface area contributed by atoms with E-state index in [0.717, 1.165) is 31.9 Å². The van der Waals surface area contributed by atoms with Crippen LogP contribution in [-0.2, 0) is 0 Å². The second-order valence-corrected chi connectivity index (χ2v) is 7.53. The minimum atomic E-state index is -1.04. The first kappa shape index (κ1) is 23.9. The van der Waals surface area contributed by atoms with Crippen LogP contribution in [0.2, 0.25) is 0 Å². The molecule has 0 spiro atoms. The summed E-state index contributed by atoms with van der Waals surface area (Å²) >= 11 is 0. The Balaban J connectivity index is 0.00000306. The molecule has 33 heavy (non-hydrogen) atoms. The number of rotatable bonds is 6. The monoisotopic (exact) mass is 467 g/mol. The first-order valence-corrected chi connectivity index (χ1v) is 10.4. The number of anilines is 3. The van der Waals surface area contributed by atoms with Gasteiger partial charge >= 0.3 is 5.97 Å². The van der Waals surface area contributed by atoms with Crippen molar-refractivity contribution >= 4 is 41.3 Å². The average Bonchev–Trinajstić information content (AvgIpc) is 2.84. The maximum atomic E-state index is 12.8. The van der Waals surface area contributed by atoms with E-state index in [-0.39, 0.29) is 23.9 Å². The van der Waals surface area contributed by atoms with Crippen molar-refractivity contribution in [3.8, 4) is 5.75 Å². The van der Waals surface area contributed by atoms with E-state index >= 15 is 0 Å². The Morgan fingerprint density at radius 3 is 2.06 bits per heavy atom. The third-order valence-electron chi connectivity index (χ3n) is 5.59. The van der Waals surface area contributed by atoms with E-state index in [4.69, 9.17) is 4.74 Å². The van der Waals surface area contributed by atoms with Gasteiger partial charge in [-0.25, -0.2) is 4.79 Å². The summed E-state index contributed by atoms with van der Waals surface area (Å²) in [6.45, 7) is 3.17. The number of carbonyl (C=O) groups excluding carboxylic acids is 1. The number of aromatic carboxylic acids is 1. The Morgan fingerprint density at radius 1 is 0.848 bits per heavy atom. The Morgan fingerprint density at radius 2 is 1.45 bits per heavy atom. The second kappa shape index (κ2) is 10.7. The molecule has 2 N–H and O–H groups in total. The van der Waals surface area contributed by atoms with Gasteiger partial charge in [0.1, 0.15) is 5.75 Å². The van der Waals surface area contributed by atoms with Crippen molar-refractivity contribution in [1.82, 2.24) is 0 Å². The zero-order chi connectivity index (χ0) is 22.5. The van der Waals surface area contributed by atoms with Gasteiger partial charge in [0.05, 0.1) is 24.0 Å². The number of halogens is 1. The Hall–Kier alpha value is -3.71. The molecule has 7 nitrogen and oxygen atoms in total. The van der Waals surface area contributed by atoms with Gasteiger partial charge in [0.25, 0.3) is 5.91 Å². The van der Waals surface area contributed by atoms with Crippen molar-refractivity contribution in [2.24, 2.45) is 0 Å². The van der Waals surface area contributed by atoms with E-state index in [0.29, 0.717) is 17.0 Å². The number of methoxy groups -OCH3 is 1. The summed E-state index contributed by atoms with van der Waals surface area (Å²) in [4.78, 5) is 28.9. The maximum Gasteiger partial charge on any atom is 0.335 e. The van der Waals surface area contributed by atoms with E-state index in [1.165, 1.54) is 11.8 Å². The molecule has 0 unspecified atom stereocenters. The van der Waals surface area contributed by atoms with Crippen LogP contribution in [0.4, 0.5) is 17.1 Å². The van der Waals surface area contributed by atoms with Gasteiger partial charge < -0.3 is 25.0 Å². The number of amides is 1. The van der Waals surface area contributed by atoms with Gasteiger partial charge in [0.2, 0.25) is 0 Å². The number of hydrogen-bond acceptors (Lipinski definition) is 5. The lowest BCUT2D eigenvalue weighted by Crippen LogP contribution is -2.46. The third-order valence-corrected chi connectivity index (χ3v) is 5.59. The number of nitrogens with zero attached hydrogens (tertiary/aromatic N) is 2. The zero-order valence-electron chi connectivity index (χ0n) is 18.2. The standard InChI is InChI=1S/C25H25N3O4.ClH/c1-32-21-10-7-18(8-11-21)24(29)26-22-17-19(25(30)31)9-12-23(22)28-15-13-27(14-16-28)20-5-3-2-4-6-20;/h2-12,17H,13-16H2,1H3,(H,26,29)(H,30,31);1H. The van der Waals surface area contributed by atoms with E-state index < -0.39 is 5.97 Å². The molecule has 4 rings (SSSR count). The Labute approximate surface area is 199 Å². The number of para-hydroxylation sites is 1. The van der Waals surface area contributed by atoms with Gasteiger partial charge in [0.15, 0.2) is 0 Å². The average molecular weight is 468 g/mol. The zero-order valence-corrected chi connectivity index (χ0v) is 19.0. The predicted octanol–water partition coefficient (Wildman–Crippen LogP) is 4.39. The van der Waals surface area contributed by atoms with E-state index in [2.05, 4.69) is 27.2 Å². The highest BCUT2D eigenvalue weighted by atomic mass is 35.5. The van der Waals surface area contributed by atoms with Gasteiger partial charge in [-0.2, -0.15) is 0 Å². The van der Waals surface area contributed by atoms with Crippen molar-refractivity contribution < 1.29 is 19.4 Å². The fourth-order valence-corrected chi connectivity index (χ4v) is 3.83. The molecule has 1 fully saturated rings. The molecule has 0 aromatic heterocycles. The number of hydrogen-bond donors (Lipinski definition) is 2. The summed E-state index contributed by atoms with van der Waals surface area (Å²) in [6.07, 6.45) is 0. The first-order chi connectivity index (χ1) is 15.5. The molecule has 3 aromatic carbocycles. The summed E-state index contributed by atoms with van der Waals surface area (Å²) in [5.41, 5.74) is 3.07. The first-order valence-electron chi connectivity index (χ1n) is 10.4. The minimum Gasteiger partial charge on any atom is -0.497 e. The van der Waals surface area contributed by atoms with Gasteiger partial charge in [-0.1, -0.05) is 18.2 Å². The van der Waals surface area contributed by atoms with Crippen LogP contribution in [0.25, 0.3) is 0 Å². The van der Waals surface area contributed by atoms with Gasteiger partial charge in [-0.05, 0) is 54.6 Å². The van der Waals surface area contributed by atoms with Crippen LogP contribution in [0.3, 0.4) is 0 Å². The number of nitrogens with one attached hydrogen (secondary N) is 1. The molecular formula is C25H26ClN3O4. The van der Waals surface area contributed by atoms with Crippen molar-refractivity contribution in [3.05, 3.63) is 83.9 Å². The molecule has 1 amide bonds. The SMILES string of the molecule is COc1ccc(C(=O)Nc2cc(C(=O)O)ccc2N2CCN(c3ccccc3)CC2)cc1.Cl. The van der Waals surface area contributed by atoms with Crippen molar-refractivity contribution in [2.75, 3.05) is 48.4 Å². The molecule has 0 bridgehead atoms. The van der Waals surface area contributed by atoms with Crippen molar-refractivity contribution in [2.45, 2.75) is 0 Å². The number of carbonyl (C=O) groups is 2. The normalized spacial score (nSPS) is 13.1. The topological polar surface area (TPSA) is 82.1 Å². The van der Waals surface area contributed by atoms with E-state index in [1.807, 2.05) is 18.2 Å². The van der Waals surface area contributed by atoms with E-state index in [1.54, 1.807) is 43.5 Å². The molecule has 0 saturated carbocycles. The molecule has 3 aromatic rings. The van der Waals surface area contributed by atoms with Crippen LogP contribution in [0, 0.1) is 0 Å². The quantitative estimate of drug-likeness (QED) is 0.559. The van der Waals surface area contributed by atoms with Crippen LogP contribution in [0.5, 0.6) is 5.75 Å². The minimum absolute atomic E-state index is 0. The number of piperazine rings is 1. The highest BCUT2D eigenvalue weighted by molar-refractivity contribution is 6.06. The Kier molecular flexibility index (Phi) is 7.79. The summed E-state index contributed by atoms with van der Waals surface area (Å²) in [7, 11) is 1.57. The third kappa shape index (κ3) is 5.56. The van der Waals surface area contributed by atoms with Crippen LogP contribution in [0.15, 0.2) is 72.8 Å². The smallest absolute Gasteiger partial charge is 0.335 e. The Bertz CT molecular complexity index is 1100. The molecule has 0 atom stereocenters. The van der Waals surface area contributed by atoms with Crippen molar-refractivity contribution in [1.29, 1.82) is 0 Å². The largest absolute Gasteiger partial charge is 0.497 e. The molecule has 1 heterocycles. The fraction of sp³-hybridized carbons (Fsp3) is 0.200. The molecule has 172 valence electrons. The number of carboxylic acid groups (broad SMARTS) is 1. The number of benzene rings is 3. The highest BCUT2D eigenvalue weighted by Crippen LogP contribution is 2.30. The summed E-state index contributed by atoms with van der Waals surface area (Å²) in [6, 6.07) is 21.9. The number of carboxylic acids is 1. The molecular weight excluding hydrogens is 442 g/mol. The lowest BCUT2D eigenvalue weighted by molar-refractivity contribution is 0.0696. The van der Waals surface area contributed by atoms with Gasteiger partial charge in [-0.3, -0.25) is 4.79 Å². The number of ether oxygens (including phenoxy) is 1. The summed E-state index contributed by atoms with van der Waals surface area (Å²) in [5.74, 6) is -0.684. The maximum absolute atomic E-state index is 12.8. The van der Waals surface area contributed by atoms with Crippen LogP contribution in [-0.4, -0.2) is 50.3 Å². The molecule has 8 heteroatoms. The molecule has 1 aliphatic heterocycles. The second-order valence-electron chi connectivity index (χ2n) is 7.53. The summed E-state index contributed by atoms with van der Waals surface area (Å²) < 4.78 is 5.14. The predicted molar refractivity (Wildman–Crippen MR) is 132 cm³/mol. The lowest BCUT2D eigenvalue weighted by Gasteiger charge is -2.38. The van der Waals surface area contributed by atoms with Crippen molar-refractivity contribution in [3.63, 3.8) is 0 Å². The summed E-state index contributed by atoms with van der Waals surface area (Å²) in [5, 5.41) is 12.3. The molecule has 0 aliphatic carbocycles. The fourth-order valence-electron chi connectivity index (χ4n) is 3.83. The van der Waals surface area contributed by atoms with Crippen LogP contribution >= 0.6 is 12.4 Å². The van der Waals surface area contributed by atoms with Gasteiger partial charge in [-0.15, -0.1) is 12.4 Å². The van der Waals surface area contributed by atoms with E-state index in [9.17, 15) is 14.7 Å². The lowest BCUT2D eigenvalue weighted by atomic mass is 10.1. The molecule has 1 aliphatic rings.